The van der Waals surface area contributed by atoms with E-state index in [-0.39, 0.29) is 12.1 Å². The van der Waals surface area contributed by atoms with Gasteiger partial charge in [0.2, 0.25) is 0 Å². The molecule has 0 saturated carbocycles. The average Bonchev–Trinajstić information content (AvgIpc) is 3.30. The SMILES string of the molecule is COc1ccc(-c2[nH]ncc2CNC(=O)N(C)C(C)c2nc(C)sc2C)cc1. The van der Waals surface area contributed by atoms with Gasteiger partial charge in [-0.3, -0.25) is 5.10 Å². The molecule has 0 aliphatic carbocycles. The summed E-state index contributed by atoms with van der Waals surface area (Å²) in [5.41, 5.74) is 3.73. The maximum Gasteiger partial charge on any atom is 0.317 e. The second kappa shape index (κ2) is 8.43. The molecule has 3 rings (SSSR count). The predicted octanol–water partition coefficient (Wildman–Crippen LogP) is 4.06. The lowest BCUT2D eigenvalue weighted by Gasteiger charge is -2.24. The molecule has 7 nitrogen and oxygen atoms in total. The van der Waals surface area contributed by atoms with Gasteiger partial charge in [-0.15, -0.1) is 11.3 Å². The van der Waals surface area contributed by atoms with Gasteiger partial charge in [-0.25, -0.2) is 9.78 Å². The monoisotopic (exact) mass is 399 g/mol. The number of hydrogen-bond acceptors (Lipinski definition) is 5. The van der Waals surface area contributed by atoms with Crippen LogP contribution in [0.5, 0.6) is 5.75 Å². The number of carbonyl (C=O) groups is 1. The summed E-state index contributed by atoms with van der Waals surface area (Å²) >= 11 is 1.65. The van der Waals surface area contributed by atoms with Crippen LogP contribution in [0.25, 0.3) is 11.3 Å². The van der Waals surface area contributed by atoms with Crippen molar-refractivity contribution in [2.45, 2.75) is 33.4 Å². The molecule has 0 radical (unpaired) electrons. The number of benzene rings is 1. The van der Waals surface area contributed by atoms with Gasteiger partial charge in [0.15, 0.2) is 0 Å². The van der Waals surface area contributed by atoms with Gasteiger partial charge in [-0.05, 0) is 45.0 Å². The van der Waals surface area contributed by atoms with Gasteiger partial charge in [0.05, 0.1) is 35.7 Å². The number of aromatic nitrogens is 3. The Labute approximate surface area is 168 Å². The fourth-order valence-corrected chi connectivity index (χ4v) is 3.95. The summed E-state index contributed by atoms with van der Waals surface area (Å²) in [7, 11) is 3.42. The number of methoxy groups -OCH3 is 1. The highest BCUT2D eigenvalue weighted by Gasteiger charge is 2.22. The number of H-pyrrole nitrogens is 1. The third-order valence-electron chi connectivity index (χ3n) is 4.76. The van der Waals surface area contributed by atoms with E-state index < -0.39 is 0 Å². The number of rotatable bonds is 6. The van der Waals surface area contributed by atoms with Crippen molar-refractivity contribution in [2.24, 2.45) is 0 Å². The highest BCUT2D eigenvalue weighted by molar-refractivity contribution is 7.11. The van der Waals surface area contributed by atoms with Gasteiger partial charge in [0.1, 0.15) is 5.75 Å². The van der Waals surface area contributed by atoms with Gasteiger partial charge in [0, 0.05) is 29.6 Å². The van der Waals surface area contributed by atoms with Crippen molar-refractivity contribution in [3.8, 4) is 17.0 Å². The van der Waals surface area contributed by atoms with Gasteiger partial charge in [-0.2, -0.15) is 5.10 Å². The first kappa shape index (κ1) is 19.9. The van der Waals surface area contributed by atoms with E-state index in [1.54, 1.807) is 36.6 Å². The molecule has 0 aliphatic heterocycles. The molecule has 0 bridgehead atoms. The number of urea groups is 1. The smallest absolute Gasteiger partial charge is 0.317 e. The highest BCUT2D eigenvalue weighted by Crippen LogP contribution is 2.26. The number of hydrogen-bond donors (Lipinski definition) is 2. The first-order valence-corrected chi connectivity index (χ1v) is 9.83. The van der Waals surface area contributed by atoms with Crippen molar-refractivity contribution in [1.29, 1.82) is 0 Å². The van der Waals surface area contributed by atoms with Crippen molar-refractivity contribution >= 4 is 17.4 Å². The molecule has 2 amide bonds. The number of nitrogens with zero attached hydrogens (tertiary/aromatic N) is 3. The molecule has 28 heavy (non-hydrogen) atoms. The molecule has 0 spiro atoms. The standard InChI is InChI=1S/C20H25N5O2S/c1-12(18-13(2)28-14(3)23-18)25(4)20(26)21-10-16-11-22-24-19(16)15-6-8-17(27-5)9-7-15/h6-9,11-12H,10H2,1-5H3,(H,21,26)(H,22,24). The van der Waals surface area contributed by atoms with E-state index in [9.17, 15) is 4.79 Å². The summed E-state index contributed by atoms with van der Waals surface area (Å²) in [6.07, 6.45) is 1.73. The van der Waals surface area contributed by atoms with E-state index in [1.807, 2.05) is 45.0 Å². The zero-order valence-corrected chi connectivity index (χ0v) is 17.6. The quantitative estimate of drug-likeness (QED) is 0.655. The maximum atomic E-state index is 12.6. The Balaban J connectivity index is 1.66. The summed E-state index contributed by atoms with van der Waals surface area (Å²) in [5.74, 6) is 0.793. The van der Waals surface area contributed by atoms with Crippen molar-refractivity contribution < 1.29 is 9.53 Å². The number of nitrogens with one attached hydrogen (secondary N) is 2. The molecule has 2 N–H and O–H groups in total. The van der Waals surface area contributed by atoms with Crippen LogP contribution in [0.15, 0.2) is 30.5 Å². The van der Waals surface area contributed by atoms with Crippen LogP contribution in [0.3, 0.4) is 0 Å². The lowest BCUT2D eigenvalue weighted by atomic mass is 10.1. The highest BCUT2D eigenvalue weighted by atomic mass is 32.1. The van der Waals surface area contributed by atoms with Crippen LogP contribution in [0.4, 0.5) is 4.79 Å². The molecule has 0 fully saturated rings. The van der Waals surface area contributed by atoms with Crippen LogP contribution in [0.1, 0.15) is 34.1 Å². The number of ether oxygens (including phenoxy) is 1. The summed E-state index contributed by atoms with van der Waals surface area (Å²) in [5, 5.41) is 11.1. The molecular weight excluding hydrogens is 374 g/mol. The van der Waals surface area contributed by atoms with Gasteiger partial charge in [0.25, 0.3) is 0 Å². The Kier molecular flexibility index (Phi) is 5.99. The summed E-state index contributed by atoms with van der Waals surface area (Å²) < 4.78 is 5.20. The van der Waals surface area contributed by atoms with Crippen molar-refractivity contribution in [3.05, 3.63) is 51.6 Å². The summed E-state index contributed by atoms with van der Waals surface area (Å²) in [6.45, 7) is 6.38. The Morgan fingerprint density at radius 3 is 2.64 bits per heavy atom. The molecule has 2 heterocycles. The first-order chi connectivity index (χ1) is 13.4. The van der Waals surface area contributed by atoms with E-state index in [0.29, 0.717) is 6.54 Å². The maximum absolute atomic E-state index is 12.6. The van der Waals surface area contributed by atoms with E-state index in [4.69, 9.17) is 4.74 Å². The van der Waals surface area contributed by atoms with E-state index in [0.717, 1.165) is 38.1 Å². The fourth-order valence-electron chi connectivity index (χ4n) is 3.04. The van der Waals surface area contributed by atoms with Crippen LogP contribution in [0.2, 0.25) is 0 Å². The van der Waals surface area contributed by atoms with Crippen LogP contribution in [-0.2, 0) is 6.54 Å². The molecular formula is C20H25N5O2S. The van der Waals surface area contributed by atoms with Crippen molar-refractivity contribution in [3.63, 3.8) is 0 Å². The van der Waals surface area contributed by atoms with Crippen LogP contribution in [0, 0.1) is 13.8 Å². The topological polar surface area (TPSA) is 83.1 Å². The lowest BCUT2D eigenvalue weighted by Crippen LogP contribution is -2.38. The molecule has 8 heteroatoms. The third kappa shape index (κ3) is 4.17. The summed E-state index contributed by atoms with van der Waals surface area (Å²) in [6, 6.07) is 7.45. The minimum Gasteiger partial charge on any atom is -0.497 e. The molecule has 0 saturated heterocycles. The zero-order chi connectivity index (χ0) is 20.3. The summed E-state index contributed by atoms with van der Waals surface area (Å²) in [4.78, 5) is 20.0. The van der Waals surface area contributed by atoms with Gasteiger partial charge < -0.3 is 15.0 Å². The largest absolute Gasteiger partial charge is 0.497 e. The third-order valence-corrected chi connectivity index (χ3v) is 5.67. The average molecular weight is 400 g/mol. The minimum atomic E-state index is -0.153. The first-order valence-electron chi connectivity index (χ1n) is 9.02. The number of thiazole rings is 1. The van der Waals surface area contributed by atoms with E-state index in [1.165, 1.54) is 0 Å². The predicted molar refractivity (Wildman–Crippen MR) is 111 cm³/mol. The van der Waals surface area contributed by atoms with E-state index in [2.05, 4.69) is 20.5 Å². The lowest BCUT2D eigenvalue weighted by molar-refractivity contribution is 0.193. The number of amides is 2. The zero-order valence-electron chi connectivity index (χ0n) is 16.7. The molecule has 148 valence electrons. The molecule has 2 aromatic heterocycles. The Morgan fingerprint density at radius 2 is 2.04 bits per heavy atom. The Hall–Kier alpha value is -2.87. The molecule has 0 aliphatic rings. The Morgan fingerprint density at radius 1 is 1.32 bits per heavy atom. The second-order valence-corrected chi connectivity index (χ2v) is 8.03. The van der Waals surface area contributed by atoms with Crippen molar-refractivity contribution in [1.82, 2.24) is 25.4 Å². The van der Waals surface area contributed by atoms with E-state index >= 15 is 0 Å². The van der Waals surface area contributed by atoms with Crippen LogP contribution < -0.4 is 10.1 Å². The van der Waals surface area contributed by atoms with Gasteiger partial charge >= 0.3 is 6.03 Å². The van der Waals surface area contributed by atoms with Crippen LogP contribution >= 0.6 is 11.3 Å². The fraction of sp³-hybridized carbons (Fsp3) is 0.350. The molecule has 1 atom stereocenters. The van der Waals surface area contributed by atoms with Crippen molar-refractivity contribution in [2.75, 3.05) is 14.2 Å². The molecule has 3 aromatic rings. The number of carbonyl (C=O) groups excluding carboxylic acids is 1. The number of aryl methyl sites for hydroxylation is 2. The molecule has 1 unspecified atom stereocenters. The Bertz CT molecular complexity index is 948. The number of aromatic amines is 1. The minimum absolute atomic E-state index is 0.102. The normalized spacial score (nSPS) is 11.9. The van der Waals surface area contributed by atoms with Gasteiger partial charge in [-0.1, -0.05) is 0 Å². The van der Waals surface area contributed by atoms with Crippen LogP contribution in [-0.4, -0.2) is 40.3 Å². The second-order valence-electron chi connectivity index (χ2n) is 6.62. The molecule has 1 aromatic carbocycles.